The van der Waals surface area contributed by atoms with E-state index in [1.165, 1.54) is 37.7 Å². The lowest BCUT2D eigenvalue weighted by Gasteiger charge is -2.21. The van der Waals surface area contributed by atoms with Crippen molar-refractivity contribution in [1.29, 1.82) is 0 Å². The fraction of sp³-hybridized carbons (Fsp3) is 0.333. The third-order valence-electron chi connectivity index (χ3n) is 4.10. The van der Waals surface area contributed by atoms with Crippen LogP contribution in [0.15, 0.2) is 73.3 Å². The molecule has 3 rings (SSSR count). The molecule has 0 spiro atoms. The maximum atomic E-state index is 3.66. The predicted molar refractivity (Wildman–Crippen MR) is 92.6 cm³/mol. The van der Waals surface area contributed by atoms with Crippen LogP contribution in [-0.2, 0) is 6.42 Å². The lowest BCUT2D eigenvalue weighted by atomic mass is 9.84. The fourth-order valence-electron chi connectivity index (χ4n) is 2.94. The zero-order valence-corrected chi connectivity index (χ0v) is 12.9. The number of allylic oxidation sites excluding steroid dienone is 1. The van der Waals surface area contributed by atoms with Crippen LogP contribution in [-0.4, -0.2) is 0 Å². The van der Waals surface area contributed by atoms with Crippen LogP contribution >= 0.6 is 0 Å². The monoisotopic (exact) mass is 278 g/mol. The van der Waals surface area contributed by atoms with Gasteiger partial charge in [-0.25, -0.2) is 0 Å². The van der Waals surface area contributed by atoms with Gasteiger partial charge in [0.25, 0.3) is 0 Å². The molecule has 0 aliphatic heterocycles. The largest absolute Gasteiger partial charge is 0.103 e. The zero-order valence-electron chi connectivity index (χ0n) is 12.9. The summed E-state index contributed by atoms with van der Waals surface area (Å²) in [6.45, 7) is 3.66. The van der Waals surface area contributed by atoms with Gasteiger partial charge in [0.2, 0.25) is 0 Å². The van der Waals surface area contributed by atoms with Gasteiger partial charge >= 0.3 is 0 Å². The quantitative estimate of drug-likeness (QED) is 0.591. The Labute approximate surface area is 129 Å². The highest BCUT2D eigenvalue weighted by molar-refractivity contribution is 5.19. The average Bonchev–Trinajstić information content (AvgIpc) is 2.58. The molecule has 1 aliphatic carbocycles. The Bertz CT molecular complexity index is 492. The van der Waals surface area contributed by atoms with Crippen LogP contribution in [0.3, 0.4) is 0 Å². The van der Waals surface area contributed by atoms with Gasteiger partial charge < -0.3 is 0 Å². The first-order valence-electron chi connectivity index (χ1n) is 8.10. The van der Waals surface area contributed by atoms with Gasteiger partial charge in [0.15, 0.2) is 0 Å². The van der Waals surface area contributed by atoms with Gasteiger partial charge in [-0.3, -0.25) is 0 Å². The standard InChI is InChI=1S/C12H16.C9H10/c1-3-7-11(8-4-1)12-9-5-2-6-10-12;1-2-6-9-7-4-3-5-8-9/h1,3-4,7-8,12H,2,5-6,9-10H2;2-5,7-8H,1,6H2. The Morgan fingerprint density at radius 3 is 1.95 bits per heavy atom. The number of hydrogen-bond acceptors (Lipinski definition) is 0. The summed E-state index contributed by atoms with van der Waals surface area (Å²) in [4.78, 5) is 0. The summed E-state index contributed by atoms with van der Waals surface area (Å²) in [5.41, 5.74) is 2.88. The van der Waals surface area contributed by atoms with Gasteiger partial charge in [-0.05, 0) is 36.3 Å². The van der Waals surface area contributed by atoms with Crippen LogP contribution in [0.5, 0.6) is 0 Å². The molecular weight excluding hydrogens is 252 g/mol. The first-order chi connectivity index (χ1) is 10.4. The van der Waals surface area contributed by atoms with E-state index in [2.05, 4.69) is 49.0 Å². The minimum absolute atomic E-state index is 0.861. The molecule has 1 aliphatic rings. The van der Waals surface area contributed by atoms with E-state index in [0.717, 1.165) is 12.3 Å². The van der Waals surface area contributed by atoms with Crippen LogP contribution in [0.2, 0.25) is 0 Å². The molecule has 0 nitrogen and oxygen atoms in total. The van der Waals surface area contributed by atoms with Gasteiger partial charge in [-0.2, -0.15) is 0 Å². The minimum atomic E-state index is 0.861. The van der Waals surface area contributed by atoms with Crippen molar-refractivity contribution in [2.24, 2.45) is 0 Å². The number of hydrogen-bond donors (Lipinski definition) is 0. The summed E-state index contributed by atoms with van der Waals surface area (Å²) < 4.78 is 0. The van der Waals surface area contributed by atoms with E-state index in [1.807, 2.05) is 24.3 Å². The summed E-state index contributed by atoms with van der Waals surface area (Å²) in [5.74, 6) is 0.861. The van der Waals surface area contributed by atoms with E-state index >= 15 is 0 Å². The molecule has 110 valence electrons. The molecule has 0 radical (unpaired) electrons. The van der Waals surface area contributed by atoms with Crippen LogP contribution in [0.4, 0.5) is 0 Å². The van der Waals surface area contributed by atoms with Crippen LogP contribution in [0, 0.1) is 0 Å². The van der Waals surface area contributed by atoms with Gasteiger partial charge in [0.1, 0.15) is 0 Å². The molecule has 0 bridgehead atoms. The van der Waals surface area contributed by atoms with Crippen molar-refractivity contribution >= 4 is 0 Å². The molecule has 0 amide bonds. The molecule has 0 heterocycles. The predicted octanol–water partition coefficient (Wildman–Crippen LogP) is 6.15. The Kier molecular flexibility index (Phi) is 6.80. The van der Waals surface area contributed by atoms with E-state index in [4.69, 9.17) is 0 Å². The summed E-state index contributed by atoms with van der Waals surface area (Å²) in [7, 11) is 0. The molecule has 0 aromatic heterocycles. The Balaban J connectivity index is 0.000000161. The van der Waals surface area contributed by atoms with Gasteiger partial charge in [0, 0.05) is 0 Å². The molecule has 0 heteroatoms. The summed E-state index contributed by atoms with van der Waals surface area (Å²) >= 11 is 0. The van der Waals surface area contributed by atoms with E-state index in [-0.39, 0.29) is 0 Å². The third kappa shape index (κ3) is 5.59. The molecule has 0 unspecified atom stereocenters. The Hall–Kier alpha value is -1.82. The van der Waals surface area contributed by atoms with Crippen LogP contribution in [0.1, 0.15) is 49.1 Å². The highest BCUT2D eigenvalue weighted by Crippen LogP contribution is 2.32. The number of rotatable bonds is 3. The molecule has 0 N–H and O–H groups in total. The van der Waals surface area contributed by atoms with E-state index in [9.17, 15) is 0 Å². The SMILES string of the molecule is C=CCc1ccccc1.c1ccc(C2CCCCC2)cc1. The molecule has 2 aromatic rings. The van der Waals surface area contributed by atoms with Crippen molar-refractivity contribution in [2.75, 3.05) is 0 Å². The fourth-order valence-corrected chi connectivity index (χ4v) is 2.94. The second kappa shape index (κ2) is 9.18. The molecule has 0 atom stereocenters. The summed E-state index contributed by atoms with van der Waals surface area (Å²) in [6, 6.07) is 21.3. The number of benzene rings is 2. The van der Waals surface area contributed by atoms with Crippen LogP contribution in [0.25, 0.3) is 0 Å². The molecular formula is C21H26. The van der Waals surface area contributed by atoms with Crippen molar-refractivity contribution in [3.63, 3.8) is 0 Å². The smallest absolute Gasteiger partial charge is 0.0100 e. The highest BCUT2D eigenvalue weighted by atomic mass is 14.2. The first kappa shape index (κ1) is 15.6. The lowest BCUT2D eigenvalue weighted by molar-refractivity contribution is 0.443. The Morgan fingerprint density at radius 1 is 0.810 bits per heavy atom. The lowest BCUT2D eigenvalue weighted by Crippen LogP contribution is -2.03. The summed E-state index contributed by atoms with van der Waals surface area (Å²) in [5, 5.41) is 0. The molecule has 0 saturated heterocycles. The zero-order chi connectivity index (χ0) is 14.8. The first-order valence-corrected chi connectivity index (χ1v) is 8.10. The van der Waals surface area contributed by atoms with Gasteiger partial charge in [-0.15, -0.1) is 6.58 Å². The normalized spacial score (nSPS) is 14.9. The second-order valence-corrected chi connectivity index (χ2v) is 5.72. The van der Waals surface area contributed by atoms with Crippen molar-refractivity contribution in [3.05, 3.63) is 84.4 Å². The highest BCUT2D eigenvalue weighted by Gasteiger charge is 2.14. The maximum absolute atomic E-state index is 3.66. The molecule has 21 heavy (non-hydrogen) atoms. The van der Waals surface area contributed by atoms with Gasteiger partial charge in [0.05, 0.1) is 0 Å². The molecule has 2 aromatic carbocycles. The van der Waals surface area contributed by atoms with Crippen molar-refractivity contribution < 1.29 is 0 Å². The topological polar surface area (TPSA) is 0 Å². The van der Waals surface area contributed by atoms with E-state index in [1.54, 1.807) is 5.56 Å². The van der Waals surface area contributed by atoms with Crippen molar-refractivity contribution in [3.8, 4) is 0 Å². The third-order valence-corrected chi connectivity index (χ3v) is 4.10. The van der Waals surface area contributed by atoms with Crippen LogP contribution < -0.4 is 0 Å². The Morgan fingerprint density at radius 2 is 1.38 bits per heavy atom. The van der Waals surface area contributed by atoms with Gasteiger partial charge in [-0.1, -0.05) is 86.0 Å². The van der Waals surface area contributed by atoms with Crippen molar-refractivity contribution in [1.82, 2.24) is 0 Å². The van der Waals surface area contributed by atoms with E-state index < -0.39 is 0 Å². The van der Waals surface area contributed by atoms with Crippen molar-refractivity contribution in [2.45, 2.75) is 44.4 Å². The molecule has 1 fully saturated rings. The van der Waals surface area contributed by atoms with E-state index in [0.29, 0.717) is 0 Å². The maximum Gasteiger partial charge on any atom is -0.0100 e. The average molecular weight is 278 g/mol. The second-order valence-electron chi connectivity index (χ2n) is 5.72. The minimum Gasteiger partial charge on any atom is -0.103 e. The molecule has 1 saturated carbocycles. The summed E-state index contributed by atoms with van der Waals surface area (Å²) in [6.07, 6.45) is 10.0.